The van der Waals surface area contributed by atoms with E-state index in [9.17, 15) is 4.79 Å². The zero-order valence-corrected chi connectivity index (χ0v) is 21.4. The van der Waals surface area contributed by atoms with Crippen molar-refractivity contribution in [3.05, 3.63) is 75.7 Å². The Morgan fingerprint density at radius 3 is 2.36 bits per heavy atom. The highest BCUT2D eigenvalue weighted by Crippen LogP contribution is 2.33. The largest absolute Gasteiger partial charge is 0.381 e. The highest BCUT2D eigenvalue weighted by molar-refractivity contribution is 5.97. The molecule has 2 aliphatic rings. The maximum Gasteiger partial charge on any atom is 0.254 e. The zero-order valence-electron chi connectivity index (χ0n) is 21.4. The van der Waals surface area contributed by atoms with E-state index in [2.05, 4.69) is 42.2 Å². The summed E-state index contributed by atoms with van der Waals surface area (Å²) in [6, 6.07) is 14.2. The molecule has 3 aromatic rings. The van der Waals surface area contributed by atoms with Crippen molar-refractivity contribution in [2.45, 2.75) is 58.3 Å². The van der Waals surface area contributed by atoms with Crippen LogP contribution in [0, 0.1) is 32.1 Å². The van der Waals surface area contributed by atoms with E-state index in [1.54, 1.807) is 0 Å². The number of rotatable bonds is 4. The molecule has 0 aliphatic carbocycles. The van der Waals surface area contributed by atoms with Gasteiger partial charge in [0.1, 0.15) is 5.82 Å². The van der Waals surface area contributed by atoms with Crippen molar-refractivity contribution < 1.29 is 9.53 Å². The van der Waals surface area contributed by atoms with Crippen LogP contribution in [-0.2, 0) is 4.74 Å². The van der Waals surface area contributed by atoms with Gasteiger partial charge in [-0.1, -0.05) is 18.2 Å². The Bertz CT molecular complexity index is 1290. The number of aromatic amines is 1. The van der Waals surface area contributed by atoms with Crippen molar-refractivity contribution in [3.63, 3.8) is 0 Å². The van der Waals surface area contributed by atoms with Gasteiger partial charge < -0.3 is 14.6 Å². The number of nitriles is 1. The maximum absolute atomic E-state index is 13.6. The molecule has 2 aliphatic heterocycles. The Labute approximate surface area is 213 Å². The molecule has 5 rings (SSSR count). The van der Waals surface area contributed by atoms with Gasteiger partial charge in [0.15, 0.2) is 0 Å². The number of hydrogen-bond donors (Lipinski definition) is 1. The molecule has 6 nitrogen and oxygen atoms in total. The number of aromatic nitrogens is 2. The third kappa shape index (κ3) is 4.81. The first-order chi connectivity index (χ1) is 17.4. The molecule has 1 aromatic heterocycles. The van der Waals surface area contributed by atoms with Crippen LogP contribution in [0.2, 0.25) is 0 Å². The molecule has 186 valence electrons. The van der Waals surface area contributed by atoms with Crippen molar-refractivity contribution in [1.29, 1.82) is 5.26 Å². The predicted octanol–water partition coefficient (Wildman–Crippen LogP) is 5.79. The molecule has 1 amide bonds. The van der Waals surface area contributed by atoms with Crippen LogP contribution >= 0.6 is 0 Å². The van der Waals surface area contributed by atoms with E-state index in [0.717, 1.165) is 91.5 Å². The van der Waals surface area contributed by atoms with Crippen LogP contribution in [0.1, 0.15) is 81.6 Å². The lowest BCUT2D eigenvalue weighted by Gasteiger charge is -2.33. The Balaban J connectivity index is 1.34. The van der Waals surface area contributed by atoms with E-state index in [0.29, 0.717) is 17.4 Å². The summed E-state index contributed by atoms with van der Waals surface area (Å²) in [5.74, 6) is 1.96. The van der Waals surface area contributed by atoms with E-state index < -0.39 is 0 Å². The van der Waals surface area contributed by atoms with E-state index in [4.69, 9.17) is 15.0 Å². The number of amides is 1. The third-order valence-corrected chi connectivity index (χ3v) is 7.88. The van der Waals surface area contributed by atoms with Crippen molar-refractivity contribution in [2.75, 3.05) is 26.3 Å². The molecule has 36 heavy (non-hydrogen) atoms. The van der Waals surface area contributed by atoms with Crippen LogP contribution in [0.3, 0.4) is 0 Å². The molecule has 1 N–H and O–H groups in total. The van der Waals surface area contributed by atoms with Crippen LogP contribution in [0.5, 0.6) is 0 Å². The molecule has 2 saturated heterocycles. The number of hydrogen-bond acceptors (Lipinski definition) is 4. The smallest absolute Gasteiger partial charge is 0.254 e. The lowest BCUT2D eigenvalue weighted by Crippen LogP contribution is -2.38. The van der Waals surface area contributed by atoms with Gasteiger partial charge in [-0.05, 0) is 87.3 Å². The zero-order chi connectivity index (χ0) is 25.2. The van der Waals surface area contributed by atoms with Crippen molar-refractivity contribution in [1.82, 2.24) is 14.9 Å². The van der Waals surface area contributed by atoms with Gasteiger partial charge in [0.05, 0.1) is 23.0 Å². The molecule has 6 heteroatoms. The maximum atomic E-state index is 13.6. The van der Waals surface area contributed by atoms with E-state index in [-0.39, 0.29) is 5.91 Å². The van der Waals surface area contributed by atoms with Crippen LogP contribution in [0.4, 0.5) is 0 Å². The number of aryl methyl sites for hydroxylation is 3. The standard InChI is InChI=1S/C30H34N4O2/c1-19-16-20(2)27(17-26(19)28-21(3)32-29(33-28)25-10-14-36-15-11-25)30(35)34-12-8-24(9-13-34)23-6-4-22(18-31)5-7-23/h4-7,16-17,24-25H,8-15H2,1-3H3,(H,32,33). The summed E-state index contributed by atoms with van der Waals surface area (Å²) in [6.07, 6.45) is 3.84. The number of carbonyl (C=O) groups is 1. The van der Waals surface area contributed by atoms with Gasteiger partial charge in [-0.2, -0.15) is 5.26 Å². The van der Waals surface area contributed by atoms with Crippen molar-refractivity contribution >= 4 is 5.91 Å². The lowest BCUT2D eigenvalue weighted by molar-refractivity contribution is 0.0712. The first kappa shape index (κ1) is 24.3. The molecule has 0 unspecified atom stereocenters. The topological polar surface area (TPSA) is 82.0 Å². The third-order valence-electron chi connectivity index (χ3n) is 7.88. The monoisotopic (exact) mass is 482 g/mol. The number of piperidine rings is 1. The van der Waals surface area contributed by atoms with Gasteiger partial charge in [0.25, 0.3) is 5.91 Å². The molecule has 2 aromatic carbocycles. The van der Waals surface area contributed by atoms with Gasteiger partial charge in [-0.15, -0.1) is 0 Å². The predicted molar refractivity (Wildman–Crippen MR) is 140 cm³/mol. The average Bonchev–Trinajstić information content (AvgIpc) is 3.30. The highest BCUT2D eigenvalue weighted by atomic mass is 16.5. The van der Waals surface area contributed by atoms with Crippen molar-refractivity contribution in [2.24, 2.45) is 0 Å². The van der Waals surface area contributed by atoms with Crippen LogP contribution < -0.4 is 0 Å². The molecule has 2 fully saturated rings. The SMILES string of the molecule is Cc1cc(C)c(-c2[nH]c(C3CCOCC3)nc2C)cc1C(=O)N1CCC(c2ccc(C#N)cc2)CC1. The molecule has 0 atom stereocenters. The summed E-state index contributed by atoms with van der Waals surface area (Å²) in [4.78, 5) is 24.1. The normalized spacial score (nSPS) is 17.2. The number of H-pyrrole nitrogens is 1. The Kier molecular flexibility index (Phi) is 6.93. The molecule has 3 heterocycles. The van der Waals surface area contributed by atoms with E-state index >= 15 is 0 Å². The first-order valence-electron chi connectivity index (χ1n) is 13.0. The van der Waals surface area contributed by atoms with Gasteiger partial charge >= 0.3 is 0 Å². The number of ether oxygens (including phenoxy) is 1. The summed E-state index contributed by atoms with van der Waals surface area (Å²) in [7, 11) is 0. The number of likely N-dealkylation sites (tertiary alicyclic amines) is 1. The molecular weight excluding hydrogens is 448 g/mol. The fourth-order valence-electron chi connectivity index (χ4n) is 5.68. The van der Waals surface area contributed by atoms with Gasteiger partial charge in [0, 0.05) is 43.3 Å². The molecule has 0 saturated carbocycles. The van der Waals surface area contributed by atoms with Crippen LogP contribution in [0.25, 0.3) is 11.3 Å². The fraction of sp³-hybridized carbons (Fsp3) is 0.433. The highest BCUT2D eigenvalue weighted by Gasteiger charge is 2.27. The Morgan fingerprint density at radius 2 is 1.69 bits per heavy atom. The Morgan fingerprint density at radius 1 is 1.00 bits per heavy atom. The summed E-state index contributed by atoms with van der Waals surface area (Å²) in [6.45, 7) is 9.22. The van der Waals surface area contributed by atoms with Gasteiger partial charge in [0.2, 0.25) is 0 Å². The number of imidazole rings is 1. The minimum Gasteiger partial charge on any atom is -0.381 e. The quantitative estimate of drug-likeness (QED) is 0.510. The van der Waals surface area contributed by atoms with Crippen LogP contribution in [0.15, 0.2) is 36.4 Å². The summed E-state index contributed by atoms with van der Waals surface area (Å²) < 4.78 is 5.52. The summed E-state index contributed by atoms with van der Waals surface area (Å²) in [5, 5.41) is 9.05. The number of carbonyl (C=O) groups excluding carboxylic acids is 1. The first-order valence-corrected chi connectivity index (χ1v) is 13.0. The minimum absolute atomic E-state index is 0.105. The molecule has 0 radical (unpaired) electrons. The average molecular weight is 483 g/mol. The van der Waals surface area contributed by atoms with E-state index in [1.807, 2.05) is 30.9 Å². The summed E-state index contributed by atoms with van der Waals surface area (Å²) in [5.41, 5.74) is 7.92. The molecular formula is C30H34N4O2. The number of nitrogens with zero attached hydrogens (tertiary/aromatic N) is 3. The van der Waals surface area contributed by atoms with E-state index in [1.165, 1.54) is 5.56 Å². The minimum atomic E-state index is 0.105. The van der Waals surface area contributed by atoms with Crippen LogP contribution in [-0.4, -0.2) is 47.1 Å². The van der Waals surface area contributed by atoms with Gasteiger partial charge in [-0.3, -0.25) is 4.79 Å². The number of benzene rings is 2. The second-order valence-corrected chi connectivity index (χ2v) is 10.3. The Hall–Kier alpha value is -3.43. The number of nitrogens with one attached hydrogen (secondary N) is 1. The van der Waals surface area contributed by atoms with Crippen molar-refractivity contribution in [3.8, 4) is 17.3 Å². The second kappa shape index (κ2) is 10.3. The molecule has 0 bridgehead atoms. The van der Waals surface area contributed by atoms with Gasteiger partial charge in [-0.25, -0.2) is 4.98 Å². The fourth-order valence-corrected chi connectivity index (χ4v) is 5.68. The second-order valence-electron chi connectivity index (χ2n) is 10.3. The summed E-state index contributed by atoms with van der Waals surface area (Å²) >= 11 is 0. The lowest BCUT2D eigenvalue weighted by atomic mass is 9.88. The molecule has 0 spiro atoms.